The molecule has 0 aliphatic carbocycles. The molecule has 0 saturated carbocycles. The monoisotopic (exact) mass is 516 g/mol. The SMILES string of the molecule is CCOCCN1CN(Cc2cc(C)on2)n2cc(C(=O)CCc3ccc(F)cc3F)c(=O)c(O)c2C1=O. The van der Waals surface area contributed by atoms with E-state index in [1.165, 1.54) is 21.8 Å². The average molecular weight is 517 g/mol. The lowest BCUT2D eigenvalue weighted by Crippen LogP contribution is -2.54. The standard InChI is InChI=1S/C25H26F2N4O6/c1-3-36-9-8-29-14-30(12-18-10-15(2)37-28-18)31-13-19(23(33)24(34)22(31)25(29)35)21(32)7-5-16-4-6-17(26)11-20(16)27/h4,6,10-11,13,34H,3,5,7-9,12,14H2,1-2H3. The van der Waals surface area contributed by atoms with Crippen LogP contribution in [0.3, 0.4) is 0 Å². The fourth-order valence-electron chi connectivity index (χ4n) is 4.09. The van der Waals surface area contributed by atoms with Crippen LogP contribution in [0.2, 0.25) is 0 Å². The predicted molar refractivity (Wildman–Crippen MR) is 127 cm³/mol. The van der Waals surface area contributed by atoms with Crippen LogP contribution in [0.25, 0.3) is 0 Å². The number of amides is 1. The van der Waals surface area contributed by atoms with Gasteiger partial charge in [0.2, 0.25) is 5.43 Å². The molecule has 3 heterocycles. The molecule has 0 bridgehead atoms. The summed E-state index contributed by atoms with van der Waals surface area (Å²) in [5.41, 5.74) is -1.02. The molecule has 1 aromatic carbocycles. The van der Waals surface area contributed by atoms with Crippen LogP contribution in [0.4, 0.5) is 8.78 Å². The van der Waals surface area contributed by atoms with Crippen molar-refractivity contribution in [3.05, 3.63) is 80.6 Å². The molecular weight excluding hydrogens is 490 g/mol. The largest absolute Gasteiger partial charge is 0.502 e. The van der Waals surface area contributed by atoms with Gasteiger partial charge in [-0.1, -0.05) is 11.2 Å². The van der Waals surface area contributed by atoms with Gasteiger partial charge in [-0.2, -0.15) is 0 Å². The lowest BCUT2D eigenvalue weighted by molar-refractivity contribution is 0.0582. The Morgan fingerprint density at radius 1 is 1.24 bits per heavy atom. The number of benzene rings is 1. The maximum absolute atomic E-state index is 14.0. The number of aromatic hydroxyl groups is 1. The summed E-state index contributed by atoms with van der Waals surface area (Å²) in [7, 11) is 0. The Balaban J connectivity index is 1.67. The van der Waals surface area contributed by atoms with E-state index in [4.69, 9.17) is 9.26 Å². The van der Waals surface area contributed by atoms with E-state index in [9.17, 15) is 28.3 Å². The minimum atomic E-state index is -1.01. The summed E-state index contributed by atoms with van der Waals surface area (Å²) in [6.07, 6.45) is 0.845. The first kappa shape index (κ1) is 26.0. The smallest absolute Gasteiger partial charge is 0.277 e. The molecular formula is C25H26F2N4O6. The zero-order valence-electron chi connectivity index (χ0n) is 20.4. The van der Waals surface area contributed by atoms with Gasteiger partial charge >= 0.3 is 0 Å². The number of aryl methyl sites for hydroxylation is 2. The number of ether oxygens (including phenoxy) is 1. The number of pyridine rings is 1. The highest BCUT2D eigenvalue weighted by Crippen LogP contribution is 2.23. The van der Waals surface area contributed by atoms with Crippen LogP contribution in [-0.2, 0) is 17.7 Å². The molecule has 1 aliphatic rings. The number of hydrogen-bond acceptors (Lipinski definition) is 8. The van der Waals surface area contributed by atoms with Crippen LogP contribution < -0.4 is 10.4 Å². The molecule has 196 valence electrons. The summed E-state index contributed by atoms with van der Waals surface area (Å²) in [5.74, 6) is -3.11. The number of carbonyl (C=O) groups is 2. The van der Waals surface area contributed by atoms with Crippen molar-refractivity contribution in [1.82, 2.24) is 14.7 Å². The minimum absolute atomic E-state index is 0.0571. The number of hydrogen-bond donors (Lipinski definition) is 1. The summed E-state index contributed by atoms with van der Waals surface area (Å²) in [6, 6.07) is 4.72. The number of rotatable bonds is 10. The van der Waals surface area contributed by atoms with E-state index in [1.54, 1.807) is 18.0 Å². The molecule has 37 heavy (non-hydrogen) atoms. The van der Waals surface area contributed by atoms with E-state index in [0.29, 0.717) is 24.1 Å². The molecule has 10 nitrogen and oxygen atoms in total. The molecule has 1 aliphatic heterocycles. The van der Waals surface area contributed by atoms with Crippen molar-refractivity contribution in [1.29, 1.82) is 0 Å². The number of halogens is 2. The van der Waals surface area contributed by atoms with E-state index in [0.717, 1.165) is 6.07 Å². The van der Waals surface area contributed by atoms with Crippen LogP contribution in [0.5, 0.6) is 5.75 Å². The second-order valence-electron chi connectivity index (χ2n) is 8.57. The van der Waals surface area contributed by atoms with Crippen molar-refractivity contribution in [2.24, 2.45) is 0 Å². The van der Waals surface area contributed by atoms with E-state index in [-0.39, 0.29) is 56.0 Å². The summed E-state index contributed by atoms with van der Waals surface area (Å²) >= 11 is 0. The number of Topliss-reactive ketones (excluding diaryl/α,β-unsaturated/α-hetero) is 1. The Labute approximate surface area is 210 Å². The second-order valence-corrected chi connectivity index (χ2v) is 8.57. The zero-order valence-corrected chi connectivity index (χ0v) is 20.4. The maximum Gasteiger partial charge on any atom is 0.277 e. The summed E-state index contributed by atoms with van der Waals surface area (Å²) in [5, 5.41) is 16.3. The molecule has 0 unspecified atom stereocenters. The van der Waals surface area contributed by atoms with E-state index < -0.39 is 34.5 Å². The predicted octanol–water partition coefficient (Wildman–Crippen LogP) is 2.53. The van der Waals surface area contributed by atoms with Gasteiger partial charge in [-0.05, 0) is 31.9 Å². The zero-order chi connectivity index (χ0) is 26.7. The number of fused-ring (bicyclic) bond motifs is 1. The van der Waals surface area contributed by atoms with E-state index in [1.807, 2.05) is 6.92 Å². The van der Waals surface area contributed by atoms with Gasteiger partial charge in [-0.15, -0.1) is 0 Å². The van der Waals surface area contributed by atoms with Crippen molar-refractivity contribution < 1.29 is 32.7 Å². The highest BCUT2D eigenvalue weighted by Gasteiger charge is 2.34. The minimum Gasteiger partial charge on any atom is -0.502 e. The fourth-order valence-corrected chi connectivity index (χ4v) is 4.09. The average Bonchev–Trinajstić information content (AvgIpc) is 3.27. The normalized spacial score (nSPS) is 13.2. The molecule has 0 spiro atoms. The maximum atomic E-state index is 14.0. The Bertz CT molecular complexity index is 1390. The van der Waals surface area contributed by atoms with Crippen molar-refractivity contribution in [2.45, 2.75) is 33.2 Å². The number of carbonyl (C=O) groups excluding carboxylic acids is 2. The number of nitrogens with zero attached hydrogens (tertiary/aromatic N) is 4. The molecule has 1 N–H and O–H groups in total. The first-order valence-corrected chi connectivity index (χ1v) is 11.7. The lowest BCUT2D eigenvalue weighted by Gasteiger charge is -2.39. The number of aromatic nitrogens is 2. The van der Waals surface area contributed by atoms with Crippen molar-refractivity contribution >= 4 is 11.7 Å². The third-order valence-electron chi connectivity index (χ3n) is 5.96. The topological polar surface area (TPSA) is 118 Å². The van der Waals surface area contributed by atoms with Gasteiger partial charge in [0.15, 0.2) is 17.2 Å². The third-order valence-corrected chi connectivity index (χ3v) is 5.96. The highest BCUT2D eigenvalue weighted by molar-refractivity contribution is 6.00. The Hall–Kier alpha value is -4.06. The Morgan fingerprint density at radius 3 is 2.70 bits per heavy atom. The first-order chi connectivity index (χ1) is 17.7. The molecule has 0 fully saturated rings. The van der Waals surface area contributed by atoms with Gasteiger partial charge in [-0.3, -0.25) is 24.1 Å². The molecule has 1 amide bonds. The van der Waals surface area contributed by atoms with Crippen LogP contribution in [0.1, 0.15) is 51.2 Å². The van der Waals surface area contributed by atoms with Gasteiger partial charge in [0, 0.05) is 37.9 Å². The van der Waals surface area contributed by atoms with Crippen LogP contribution in [0.15, 0.2) is 39.8 Å². The van der Waals surface area contributed by atoms with E-state index in [2.05, 4.69) is 5.16 Å². The van der Waals surface area contributed by atoms with Gasteiger partial charge < -0.3 is 19.3 Å². The highest BCUT2D eigenvalue weighted by atomic mass is 19.1. The third kappa shape index (κ3) is 5.53. The number of ketones is 1. The lowest BCUT2D eigenvalue weighted by atomic mass is 10.0. The molecule has 12 heteroatoms. The summed E-state index contributed by atoms with van der Waals surface area (Å²) < 4.78 is 38.9. The van der Waals surface area contributed by atoms with Crippen LogP contribution in [0, 0.1) is 18.6 Å². The van der Waals surface area contributed by atoms with Crippen molar-refractivity contribution in [3.63, 3.8) is 0 Å². The molecule has 0 radical (unpaired) electrons. The van der Waals surface area contributed by atoms with Crippen molar-refractivity contribution in [3.8, 4) is 5.75 Å². The van der Waals surface area contributed by atoms with Gasteiger partial charge in [-0.25, -0.2) is 8.78 Å². The van der Waals surface area contributed by atoms with Crippen LogP contribution in [-0.4, -0.2) is 58.0 Å². The molecule has 0 atom stereocenters. The molecule has 2 aromatic heterocycles. The summed E-state index contributed by atoms with van der Waals surface area (Å²) in [4.78, 5) is 40.5. The van der Waals surface area contributed by atoms with Gasteiger partial charge in [0.25, 0.3) is 5.91 Å². The first-order valence-electron chi connectivity index (χ1n) is 11.7. The Morgan fingerprint density at radius 2 is 2.03 bits per heavy atom. The van der Waals surface area contributed by atoms with Crippen LogP contribution >= 0.6 is 0 Å². The molecule has 3 aromatic rings. The molecule has 4 rings (SSSR count). The Kier molecular flexibility index (Phi) is 7.67. The fraction of sp³-hybridized carbons (Fsp3) is 0.360. The quantitative estimate of drug-likeness (QED) is 0.323. The van der Waals surface area contributed by atoms with Gasteiger partial charge in [0.05, 0.1) is 18.7 Å². The van der Waals surface area contributed by atoms with Crippen molar-refractivity contribution in [2.75, 3.05) is 31.4 Å². The second kappa shape index (κ2) is 10.9. The van der Waals surface area contributed by atoms with E-state index >= 15 is 0 Å². The summed E-state index contributed by atoms with van der Waals surface area (Å²) in [6.45, 7) is 4.65. The molecule has 0 saturated heterocycles. The van der Waals surface area contributed by atoms with Gasteiger partial charge in [0.1, 0.15) is 29.8 Å².